The predicted molar refractivity (Wildman–Crippen MR) is 102 cm³/mol. The molecule has 5 heteroatoms. The molecule has 0 aliphatic heterocycles. The molecular formula is C19H22N4S. The number of thiazole rings is 1. The van der Waals surface area contributed by atoms with Gasteiger partial charge < -0.3 is 5.32 Å². The van der Waals surface area contributed by atoms with Gasteiger partial charge in [0.15, 0.2) is 0 Å². The molecule has 1 aromatic carbocycles. The second kappa shape index (κ2) is 6.32. The van der Waals surface area contributed by atoms with E-state index in [-0.39, 0.29) is 5.41 Å². The lowest BCUT2D eigenvalue weighted by molar-refractivity contribution is 0.590. The van der Waals surface area contributed by atoms with Gasteiger partial charge in [0.1, 0.15) is 5.01 Å². The molecule has 2 heterocycles. The van der Waals surface area contributed by atoms with Gasteiger partial charge in [-0.25, -0.2) is 15.0 Å². The SMILES string of the molecule is CNc1nccc(-c2sc(-c3ccc(C(C)(C)C)cc3)nc2C)n1. The van der Waals surface area contributed by atoms with Crippen LogP contribution in [0.1, 0.15) is 32.0 Å². The second-order valence-electron chi connectivity index (χ2n) is 6.78. The van der Waals surface area contributed by atoms with Gasteiger partial charge in [0.2, 0.25) is 5.95 Å². The average molecular weight is 338 g/mol. The van der Waals surface area contributed by atoms with Crippen LogP contribution in [-0.2, 0) is 5.41 Å². The second-order valence-corrected chi connectivity index (χ2v) is 7.78. The number of aromatic nitrogens is 3. The van der Waals surface area contributed by atoms with Crippen LogP contribution in [0.2, 0.25) is 0 Å². The molecule has 3 aromatic rings. The fourth-order valence-corrected chi connectivity index (χ4v) is 3.52. The van der Waals surface area contributed by atoms with E-state index in [1.54, 1.807) is 17.5 Å². The summed E-state index contributed by atoms with van der Waals surface area (Å²) in [6.45, 7) is 8.70. The molecule has 0 spiro atoms. The summed E-state index contributed by atoms with van der Waals surface area (Å²) in [4.78, 5) is 14.5. The van der Waals surface area contributed by atoms with Gasteiger partial charge in [-0.05, 0) is 24.0 Å². The molecule has 24 heavy (non-hydrogen) atoms. The van der Waals surface area contributed by atoms with Gasteiger partial charge in [-0.3, -0.25) is 0 Å². The maximum absolute atomic E-state index is 4.74. The third-order valence-corrected chi connectivity index (χ3v) is 5.14. The summed E-state index contributed by atoms with van der Waals surface area (Å²) in [6, 6.07) is 10.6. The topological polar surface area (TPSA) is 50.7 Å². The van der Waals surface area contributed by atoms with E-state index in [0.29, 0.717) is 5.95 Å². The summed E-state index contributed by atoms with van der Waals surface area (Å²) < 4.78 is 0. The van der Waals surface area contributed by atoms with Gasteiger partial charge in [0, 0.05) is 18.8 Å². The van der Waals surface area contributed by atoms with Gasteiger partial charge in [-0.15, -0.1) is 11.3 Å². The number of hydrogen-bond donors (Lipinski definition) is 1. The van der Waals surface area contributed by atoms with E-state index in [9.17, 15) is 0 Å². The van der Waals surface area contributed by atoms with Gasteiger partial charge in [-0.1, -0.05) is 45.0 Å². The highest BCUT2D eigenvalue weighted by Gasteiger charge is 2.16. The molecule has 0 atom stereocenters. The van der Waals surface area contributed by atoms with Crippen molar-refractivity contribution in [3.05, 3.63) is 47.8 Å². The molecule has 2 aromatic heterocycles. The minimum atomic E-state index is 0.160. The van der Waals surface area contributed by atoms with Crippen molar-refractivity contribution in [2.24, 2.45) is 0 Å². The van der Waals surface area contributed by atoms with Crippen LogP contribution in [0.3, 0.4) is 0 Å². The zero-order valence-electron chi connectivity index (χ0n) is 14.7. The molecule has 1 N–H and O–H groups in total. The molecular weight excluding hydrogens is 316 g/mol. The number of hydrogen-bond acceptors (Lipinski definition) is 5. The molecule has 0 saturated heterocycles. The van der Waals surface area contributed by atoms with E-state index in [1.807, 2.05) is 20.0 Å². The molecule has 0 amide bonds. The molecule has 0 saturated carbocycles. The molecule has 4 nitrogen and oxygen atoms in total. The Labute approximate surface area is 147 Å². The van der Waals surface area contributed by atoms with E-state index in [2.05, 4.69) is 60.3 Å². The van der Waals surface area contributed by atoms with Crippen LogP contribution in [0.25, 0.3) is 21.1 Å². The van der Waals surface area contributed by atoms with E-state index in [4.69, 9.17) is 4.98 Å². The summed E-state index contributed by atoms with van der Waals surface area (Å²) in [5.74, 6) is 0.622. The molecule has 0 radical (unpaired) electrons. The van der Waals surface area contributed by atoms with Crippen LogP contribution in [0.5, 0.6) is 0 Å². The van der Waals surface area contributed by atoms with Crippen LogP contribution < -0.4 is 5.32 Å². The Morgan fingerprint density at radius 1 is 1.00 bits per heavy atom. The van der Waals surface area contributed by atoms with Gasteiger partial charge in [0.05, 0.1) is 16.3 Å². The van der Waals surface area contributed by atoms with Crippen molar-refractivity contribution in [1.29, 1.82) is 0 Å². The van der Waals surface area contributed by atoms with Crippen molar-refractivity contribution < 1.29 is 0 Å². The predicted octanol–water partition coefficient (Wildman–Crippen LogP) is 4.91. The number of aryl methyl sites for hydroxylation is 1. The molecule has 124 valence electrons. The number of nitrogens with one attached hydrogen (secondary N) is 1. The maximum atomic E-state index is 4.74. The van der Waals surface area contributed by atoms with Crippen LogP contribution in [0.4, 0.5) is 5.95 Å². The van der Waals surface area contributed by atoms with Crippen molar-refractivity contribution in [3.8, 4) is 21.1 Å². The molecule has 0 unspecified atom stereocenters. The largest absolute Gasteiger partial charge is 0.357 e. The van der Waals surface area contributed by atoms with E-state index in [0.717, 1.165) is 26.8 Å². The first-order valence-electron chi connectivity index (χ1n) is 7.98. The third kappa shape index (κ3) is 3.31. The van der Waals surface area contributed by atoms with Crippen molar-refractivity contribution in [1.82, 2.24) is 15.0 Å². The standard InChI is InChI=1S/C19H22N4S/c1-12-16(15-10-11-21-18(20-5)23-15)24-17(22-12)13-6-8-14(9-7-13)19(2,3)4/h6-11H,1-5H3,(H,20,21,23). The lowest BCUT2D eigenvalue weighted by Crippen LogP contribution is -2.10. The van der Waals surface area contributed by atoms with Crippen LogP contribution in [0, 0.1) is 6.92 Å². The molecule has 0 aliphatic rings. The lowest BCUT2D eigenvalue weighted by atomic mass is 9.87. The smallest absolute Gasteiger partial charge is 0.222 e. The van der Waals surface area contributed by atoms with E-state index in [1.165, 1.54) is 5.56 Å². The highest BCUT2D eigenvalue weighted by Crippen LogP contribution is 2.35. The van der Waals surface area contributed by atoms with Crippen molar-refractivity contribution in [2.45, 2.75) is 33.1 Å². The molecule has 0 bridgehead atoms. The third-order valence-electron chi connectivity index (χ3n) is 3.91. The summed E-state index contributed by atoms with van der Waals surface area (Å²) in [5.41, 5.74) is 4.53. The Bertz CT molecular complexity index is 845. The Morgan fingerprint density at radius 3 is 2.33 bits per heavy atom. The zero-order valence-corrected chi connectivity index (χ0v) is 15.5. The minimum absolute atomic E-state index is 0.160. The quantitative estimate of drug-likeness (QED) is 0.737. The Morgan fingerprint density at radius 2 is 1.71 bits per heavy atom. The Hall–Kier alpha value is -2.27. The summed E-state index contributed by atoms with van der Waals surface area (Å²) in [6.07, 6.45) is 1.77. The number of anilines is 1. The first-order valence-corrected chi connectivity index (χ1v) is 8.79. The van der Waals surface area contributed by atoms with Crippen LogP contribution in [-0.4, -0.2) is 22.0 Å². The summed E-state index contributed by atoms with van der Waals surface area (Å²) >= 11 is 1.67. The van der Waals surface area contributed by atoms with Crippen LogP contribution >= 0.6 is 11.3 Å². The van der Waals surface area contributed by atoms with Crippen LogP contribution in [0.15, 0.2) is 36.5 Å². The zero-order chi connectivity index (χ0) is 17.3. The van der Waals surface area contributed by atoms with Crippen molar-refractivity contribution >= 4 is 17.3 Å². The fourth-order valence-electron chi connectivity index (χ4n) is 2.48. The Kier molecular flexibility index (Phi) is 4.37. The number of benzene rings is 1. The summed E-state index contributed by atoms with van der Waals surface area (Å²) in [5, 5.41) is 4.00. The first kappa shape index (κ1) is 16.6. The molecule has 0 fully saturated rings. The number of rotatable bonds is 3. The van der Waals surface area contributed by atoms with E-state index >= 15 is 0 Å². The monoisotopic (exact) mass is 338 g/mol. The normalized spacial score (nSPS) is 11.5. The van der Waals surface area contributed by atoms with Gasteiger partial charge >= 0.3 is 0 Å². The van der Waals surface area contributed by atoms with Gasteiger partial charge in [0.25, 0.3) is 0 Å². The minimum Gasteiger partial charge on any atom is -0.357 e. The first-order chi connectivity index (χ1) is 11.4. The van der Waals surface area contributed by atoms with Crippen molar-refractivity contribution in [3.63, 3.8) is 0 Å². The average Bonchev–Trinajstić information content (AvgIpc) is 2.96. The van der Waals surface area contributed by atoms with Crippen molar-refractivity contribution in [2.75, 3.05) is 12.4 Å². The maximum Gasteiger partial charge on any atom is 0.222 e. The number of nitrogens with zero attached hydrogens (tertiary/aromatic N) is 3. The van der Waals surface area contributed by atoms with E-state index < -0.39 is 0 Å². The lowest BCUT2D eigenvalue weighted by Gasteiger charge is -2.18. The molecule has 0 aliphatic carbocycles. The fraction of sp³-hybridized carbons (Fsp3) is 0.316. The van der Waals surface area contributed by atoms with Gasteiger partial charge in [-0.2, -0.15) is 0 Å². The molecule has 3 rings (SSSR count). The highest BCUT2D eigenvalue weighted by molar-refractivity contribution is 7.18. The summed E-state index contributed by atoms with van der Waals surface area (Å²) in [7, 11) is 1.82. The Balaban J connectivity index is 1.96. The highest BCUT2D eigenvalue weighted by atomic mass is 32.1.